The van der Waals surface area contributed by atoms with Crippen LogP contribution in [0.4, 0.5) is 4.39 Å². The van der Waals surface area contributed by atoms with Gasteiger partial charge in [-0.15, -0.1) is 0 Å². The van der Waals surface area contributed by atoms with Gasteiger partial charge in [-0.05, 0) is 68.4 Å². The standard InChI is InChI=1S/C25H32FN3O4S/c1-19-18-22(12-13-23(19)26)34(32,33)29-17-6-5-11-21(29)14-16-28-25(31)24(30)27-15-7-10-20-8-3-2-4-9-20/h2-4,8-9,12-13,18,21H,5-7,10-11,14-17H2,1H3,(H,27,30)(H,28,31)/t21-/m1/s1. The van der Waals surface area contributed by atoms with Crippen molar-refractivity contribution in [3.05, 3.63) is 65.5 Å². The summed E-state index contributed by atoms with van der Waals surface area (Å²) in [6.07, 6.45) is 4.22. The number of amides is 2. The highest BCUT2D eigenvalue weighted by molar-refractivity contribution is 7.89. The van der Waals surface area contributed by atoms with E-state index < -0.39 is 27.7 Å². The van der Waals surface area contributed by atoms with Gasteiger partial charge in [0.15, 0.2) is 0 Å². The minimum Gasteiger partial charge on any atom is -0.348 e. The predicted molar refractivity (Wildman–Crippen MR) is 128 cm³/mol. The first-order valence-electron chi connectivity index (χ1n) is 11.7. The molecule has 2 N–H and O–H groups in total. The second-order valence-corrected chi connectivity index (χ2v) is 10.5. The van der Waals surface area contributed by atoms with Crippen molar-refractivity contribution in [1.29, 1.82) is 0 Å². The first-order chi connectivity index (χ1) is 16.3. The van der Waals surface area contributed by atoms with E-state index in [4.69, 9.17) is 0 Å². The zero-order valence-electron chi connectivity index (χ0n) is 19.4. The van der Waals surface area contributed by atoms with E-state index in [-0.39, 0.29) is 23.0 Å². The SMILES string of the molecule is Cc1cc(S(=O)(=O)N2CCCC[C@@H]2CCNC(=O)C(=O)NCCCc2ccccc2)ccc1F. The number of benzene rings is 2. The van der Waals surface area contributed by atoms with Crippen molar-refractivity contribution < 1.29 is 22.4 Å². The Morgan fingerprint density at radius 2 is 1.74 bits per heavy atom. The Labute approximate surface area is 200 Å². The number of hydrogen-bond donors (Lipinski definition) is 2. The second-order valence-electron chi connectivity index (χ2n) is 8.57. The highest BCUT2D eigenvalue weighted by Crippen LogP contribution is 2.27. The topological polar surface area (TPSA) is 95.6 Å². The van der Waals surface area contributed by atoms with Gasteiger partial charge in [0.05, 0.1) is 4.90 Å². The third kappa shape index (κ3) is 6.87. The Kier molecular flexibility index (Phi) is 9.18. The molecule has 1 aliphatic heterocycles. The Morgan fingerprint density at radius 3 is 2.44 bits per heavy atom. The molecule has 1 atom stereocenters. The Hall–Kier alpha value is -2.78. The number of carbonyl (C=O) groups is 2. The molecule has 1 heterocycles. The van der Waals surface area contributed by atoms with E-state index >= 15 is 0 Å². The zero-order chi connectivity index (χ0) is 24.6. The van der Waals surface area contributed by atoms with Crippen LogP contribution >= 0.6 is 0 Å². The third-order valence-corrected chi connectivity index (χ3v) is 8.00. The molecule has 0 saturated carbocycles. The molecule has 2 aromatic carbocycles. The highest BCUT2D eigenvalue weighted by atomic mass is 32.2. The molecule has 0 aliphatic carbocycles. The highest BCUT2D eigenvalue weighted by Gasteiger charge is 2.33. The van der Waals surface area contributed by atoms with Gasteiger partial charge in [-0.25, -0.2) is 12.8 Å². The van der Waals surface area contributed by atoms with Gasteiger partial charge in [-0.3, -0.25) is 9.59 Å². The lowest BCUT2D eigenvalue weighted by molar-refractivity contribution is -0.139. The molecule has 1 fully saturated rings. The number of nitrogens with one attached hydrogen (secondary N) is 2. The summed E-state index contributed by atoms with van der Waals surface area (Å²) in [6, 6.07) is 13.4. The average molecular weight is 490 g/mol. The molecule has 0 aromatic heterocycles. The Balaban J connectivity index is 1.47. The number of carbonyl (C=O) groups excluding carboxylic acids is 2. The maximum Gasteiger partial charge on any atom is 0.309 e. The van der Waals surface area contributed by atoms with Crippen molar-refractivity contribution in [2.45, 2.75) is 56.4 Å². The number of rotatable bonds is 9. The monoisotopic (exact) mass is 489 g/mol. The van der Waals surface area contributed by atoms with Crippen molar-refractivity contribution in [2.75, 3.05) is 19.6 Å². The molecule has 0 unspecified atom stereocenters. The lowest BCUT2D eigenvalue weighted by atomic mass is 10.0. The molecular formula is C25H32FN3O4S. The average Bonchev–Trinajstić information content (AvgIpc) is 2.84. The predicted octanol–water partition coefficient (Wildman–Crippen LogP) is 2.93. The zero-order valence-corrected chi connectivity index (χ0v) is 20.2. The molecule has 0 spiro atoms. The summed E-state index contributed by atoms with van der Waals surface area (Å²) >= 11 is 0. The molecule has 9 heteroatoms. The maximum absolute atomic E-state index is 13.6. The summed E-state index contributed by atoms with van der Waals surface area (Å²) < 4.78 is 41.4. The van der Waals surface area contributed by atoms with Crippen LogP contribution in [0.3, 0.4) is 0 Å². The van der Waals surface area contributed by atoms with Crippen LogP contribution in [-0.4, -0.2) is 50.2 Å². The van der Waals surface area contributed by atoms with Crippen molar-refractivity contribution in [3.63, 3.8) is 0 Å². The van der Waals surface area contributed by atoms with Crippen LogP contribution in [0, 0.1) is 12.7 Å². The van der Waals surface area contributed by atoms with Gasteiger partial charge >= 0.3 is 11.8 Å². The van der Waals surface area contributed by atoms with Gasteiger partial charge in [-0.2, -0.15) is 4.31 Å². The van der Waals surface area contributed by atoms with Crippen LogP contribution in [0.25, 0.3) is 0 Å². The van der Waals surface area contributed by atoms with Gasteiger partial charge in [0, 0.05) is 25.7 Å². The number of sulfonamides is 1. The number of piperidine rings is 1. The number of nitrogens with zero attached hydrogens (tertiary/aromatic N) is 1. The molecule has 1 aliphatic rings. The first kappa shape index (κ1) is 25.8. The summed E-state index contributed by atoms with van der Waals surface area (Å²) in [7, 11) is -3.78. The molecule has 2 amide bonds. The van der Waals surface area contributed by atoms with Gasteiger partial charge < -0.3 is 10.6 Å². The van der Waals surface area contributed by atoms with Gasteiger partial charge in [-0.1, -0.05) is 36.8 Å². The van der Waals surface area contributed by atoms with E-state index in [0.717, 1.165) is 25.7 Å². The number of aryl methyl sites for hydroxylation is 2. The maximum atomic E-state index is 13.6. The van der Waals surface area contributed by atoms with Crippen LogP contribution in [0.15, 0.2) is 53.4 Å². The summed E-state index contributed by atoms with van der Waals surface area (Å²) in [5.41, 5.74) is 1.45. The Morgan fingerprint density at radius 1 is 1.03 bits per heavy atom. The molecule has 7 nitrogen and oxygen atoms in total. The molecule has 3 rings (SSSR count). The van der Waals surface area contributed by atoms with E-state index in [9.17, 15) is 22.4 Å². The fourth-order valence-electron chi connectivity index (χ4n) is 4.14. The van der Waals surface area contributed by atoms with Crippen LogP contribution in [-0.2, 0) is 26.0 Å². The largest absolute Gasteiger partial charge is 0.348 e. The lowest BCUT2D eigenvalue weighted by Crippen LogP contribution is -2.46. The van der Waals surface area contributed by atoms with Crippen LogP contribution in [0.1, 0.15) is 43.2 Å². The molecular weight excluding hydrogens is 457 g/mol. The minimum absolute atomic E-state index is 0.0669. The fourth-order valence-corrected chi connectivity index (χ4v) is 5.95. The quantitative estimate of drug-likeness (QED) is 0.418. The number of hydrogen-bond acceptors (Lipinski definition) is 4. The van der Waals surface area contributed by atoms with Crippen LogP contribution in [0.2, 0.25) is 0 Å². The van der Waals surface area contributed by atoms with E-state index in [2.05, 4.69) is 10.6 Å². The third-order valence-electron chi connectivity index (χ3n) is 6.05. The van der Waals surface area contributed by atoms with Crippen molar-refractivity contribution in [3.8, 4) is 0 Å². The molecule has 0 bridgehead atoms. The summed E-state index contributed by atoms with van der Waals surface area (Å²) in [5.74, 6) is -1.86. The van der Waals surface area contributed by atoms with Crippen molar-refractivity contribution >= 4 is 21.8 Å². The Bertz CT molecular complexity index is 1090. The number of halogens is 1. The van der Waals surface area contributed by atoms with Gasteiger partial charge in [0.2, 0.25) is 10.0 Å². The molecule has 184 valence electrons. The fraction of sp³-hybridized carbons (Fsp3) is 0.440. The molecule has 2 aromatic rings. The lowest BCUT2D eigenvalue weighted by Gasteiger charge is -2.34. The first-order valence-corrected chi connectivity index (χ1v) is 13.1. The summed E-state index contributed by atoms with van der Waals surface area (Å²) in [6.45, 7) is 2.49. The van der Waals surface area contributed by atoms with Gasteiger partial charge in [0.25, 0.3) is 0 Å². The van der Waals surface area contributed by atoms with Crippen molar-refractivity contribution in [1.82, 2.24) is 14.9 Å². The molecule has 1 saturated heterocycles. The van der Waals surface area contributed by atoms with Crippen molar-refractivity contribution in [2.24, 2.45) is 0 Å². The van der Waals surface area contributed by atoms with Crippen LogP contribution in [0.5, 0.6) is 0 Å². The molecule has 34 heavy (non-hydrogen) atoms. The summed E-state index contributed by atoms with van der Waals surface area (Å²) in [5, 5.41) is 5.21. The normalized spacial score (nSPS) is 16.7. The molecule has 0 radical (unpaired) electrons. The minimum atomic E-state index is -3.78. The van der Waals surface area contributed by atoms with E-state index in [1.807, 2.05) is 30.3 Å². The van der Waals surface area contributed by atoms with E-state index in [1.54, 1.807) is 0 Å². The van der Waals surface area contributed by atoms with E-state index in [1.165, 1.54) is 35.0 Å². The smallest absolute Gasteiger partial charge is 0.309 e. The second kappa shape index (κ2) is 12.1. The van der Waals surface area contributed by atoms with Gasteiger partial charge in [0.1, 0.15) is 5.82 Å². The van der Waals surface area contributed by atoms with E-state index in [0.29, 0.717) is 25.9 Å². The van der Waals surface area contributed by atoms with Crippen LogP contribution < -0.4 is 10.6 Å². The summed E-state index contributed by atoms with van der Waals surface area (Å²) in [4.78, 5) is 24.2.